The molecule has 0 unspecified atom stereocenters. The molecule has 0 spiro atoms. The summed E-state index contributed by atoms with van der Waals surface area (Å²) in [6, 6.07) is 4.72. The van der Waals surface area contributed by atoms with E-state index in [1.54, 1.807) is 19.1 Å². The molecule has 0 saturated carbocycles. The summed E-state index contributed by atoms with van der Waals surface area (Å²) in [4.78, 5) is 2.08. The van der Waals surface area contributed by atoms with Gasteiger partial charge in [-0.1, -0.05) is 17.7 Å². The highest BCUT2D eigenvalue weighted by molar-refractivity contribution is 6.30. The first-order valence-electron chi connectivity index (χ1n) is 6.73. The molecule has 2 rings (SSSR count). The molecule has 1 heterocycles. The van der Waals surface area contributed by atoms with Crippen molar-refractivity contribution in [2.75, 3.05) is 0 Å². The van der Waals surface area contributed by atoms with Crippen LogP contribution in [-0.4, -0.2) is 20.6 Å². The second-order valence-electron chi connectivity index (χ2n) is 5.98. The van der Waals surface area contributed by atoms with Crippen molar-refractivity contribution in [3.8, 4) is 0 Å². The van der Waals surface area contributed by atoms with Gasteiger partial charge in [0.25, 0.3) is 0 Å². The van der Waals surface area contributed by atoms with Crippen molar-refractivity contribution in [3.05, 3.63) is 46.4 Å². The summed E-state index contributed by atoms with van der Waals surface area (Å²) in [5.74, 6) is 0.742. The lowest BCUT2D eigenvalue weighted by Crippen LogP contribution is -2.40. The minimum Gasteiger partial charge on any atom is -0.424 e. The Balaban J connectivity index is 2.20. The van der Waals surface area contributed by atoms with E-state index < -0.39 is 0 Å². The molecule has 1 aromatic heterocycles. The van der Waals surface area contributed by atoms with Crippen LogP contribution in [0.3, 0.4) is 0 Å². The molecule has 0 aliphatic heterocycles. The molecule has 0 aliphatic rings. The summed E-state index contributed by atoms with van der Waals surface area (Å²) >= 11 is 5.79. The first-order valence-corrected chi connectivity index (χ1v) is 7.11. The first-order chi connectivity index (χ1) is 9.75. The molecule has 0 radical (unpaired) electrons. The van der Waals surface area contributed by atoms with Gasteiger partial charge in [-0.3, -0.25) is 4.90 Å². The van der Waals surface area contributed by atoms with Crippen LogP contribution in [-0.2, 0) is 13.1 Å². The van der Waals surface area contributed by atoms with Crippen LogP contribution in [0.15, 0.2) is 22.6 Å². The topological polar surface area (TPSA) is 42.2 Å². The molecule has 0 atom stereocenters. The van der Waals surface area contributed by atoms with E-state index in [0.29, 0.717) is 35.5 Å². The number of halogens is 2. The van der Waals surface area contributed by atoms with Crippen molar-refractivity contribution in [1.82, 2.24) is 15.1 Å². The quantitative estimate of drug-likeness (QED) is 0.856. The van der Waals surface area contributed by atoms with E-state index >= 15 is 0 Å². The maximum Gasteiger partial charge on any atom is 0.230 e. The second-order valence-corrected chi connectivity index (χ2v) is 6.41. The molecule has 0 fully saturated rings. The normalized spacial score (nSPS) is 12.1. The minimum atomic E-state index is -0.307. The monoisotopic (exact) mass is 311 g/mol. The maximum atomic E-state index is 14.0. The summed E-state index contributed by atoms with van der Waals surface area (Å²) in [5.41, 5.74) is 0.416. The Morgan fingerprint density at radius 3 is 2.48 bits per heavy atom. The Kier molecular flexibility index (Phi) is 4.64. The zero-order chi connectivity index (χ0) is 15.6. The van der Waals surface area contributed by atoms with Crippen molar-refractivity contribution in [1.29, 1.82) is 0 Å². The first kappa shape index (κ1) is 15.9. The Hall–Kier alpha value is -1.46. The molecule has 4 nitrogen and oxygen atoms in total. The molecule has 0 bridgehead atoms. The van der Waals surface area contributed by atoms with E-state index in [1.165, 1.54) is 6.07 Å². The molecule has 2 aromatic rings. The number of aryl methyl sites for hydroxylation is 1. The predicted octanol–water partition coefficient (Wildman–Crippen LogP) is 3.97. The van der Waals surface area contributed by atoms with Gasteiger partial charge in [0.15, 0.2) is 0 Å². The number of aromatic nitrogens is 2. The summed E-state index contributed by atoms with van der Waals surface area (Å²) in [7, 11) is 0. The molecule has 0 amide bonds. The van der Waals surface area contributed by atoms with Crippen molar-refractivity contribution in [2.45, 2.75) is 46.3 Å². The zero-order valence-electron chi connectivity index (χ0n) is 12.7. The van der Waals surface area contributed by atoms with Crippen molar-refractivity contribution < 1.29 is 8.81 Å². The van der Waals surface area contributed by atoms with E-state index in [2.05, 4.69) is 35.9 Å². The Labute approximate surface area is 128 Å². The summed E-state index contributed by atoms with van der Waals surface area (Å²) in [5, 5.41) is 8.22. The molecule has 6 heteroatoms. The largest absolute Gasteiger partial charge is 0.424 e. The molecule has 0 aliphatic carbocycles. The van der Waals surface area contributed by atoms with Crippen LogP contribution in [0.2, 0.25) is 5.02 Å². The van der Waals surface area contributed by atoms with E-state index in [1.807, 2.05) is 0 Å². The number of nitrogens with zero attached hydrogens (tertiary/aromatic N) is 3. The SMILES string of the molecule is Cc1nnc(CN(Cc2ccc(Cl)cc2F)C(C)(C)C)o1. The fourth-order valence-electron chi connectivity index (χ4n) is 1.95. The Morgan fingerprint density at radius 2 is 1.95 bits per heavy atom. The molecular formula is C15H19ClFN3O. The third-order valence-electron chi connectivity index (χ3n) is 3.22. The van der Waals surface area contributed by atoms with E-state index in [0.717, 1.165) is 0 Å². The number of hydrogen-bond acceptors (Lipinski definition) is 4. The molecule has 0 saturated heterocycles. The van der Waals surface area contributed by atoms with Gasteiger partial charge >= 0.3 is 0 Å². The van der Waals surface area contributed by atoms with Gasteiger partial charge in [-0.2, -0.15) is 0 Å². The lowest BCUT2D eigenvalue weighted by atomic mass is 10.0. The molecule has 0 N–H and O–H groups in total. The van der Waals surface area contributed by atoms with E-state index in [9.17, 15) is 4.39 Å². The highest BCUT2D eigenvalue weighted by Crippen LogP contribution is 2.23. The molecule has 21 heavy (non-hydrogen) atoms. The summed E-state index contributed by atoms with van der Waals surface area (Å²) in [6.45, 7) is 8.83. The molecule has 1 aromatic carbocycles. The number of benzene rings is 1. The van der Waals surface area contributed by atoms with Crippen LogP contribution < -0.4 is 0 Å². The summed E-state index contributed by atoms with van der Waals surface area (Å²) < 4.78 is 19.4. The van der Waals surface area contributed by atoms with Crippen LogP contribution in [0.25, 0.3) is 0 Å². The second kappa shape index (κ2) is 6.12. The third-order valence-corrected chi connectivity index (χ3v) is 3.45. The van der Waals surface area contributed by atoms with Crippen molar-refractivity contribution >= 4 is 11.6 Å². The van der Waals surface area contributed by atoms with Crippen LogP contribution in [0, 0.1) is 12.7 Å². The van der Waals surface area contributed by atoms with Gasteiger partial charge in [0, 0.05) is 29.6 Å². The molecule has 114 valence electrons. The van der Waals surface area contributed by atoms with Gasteiger partial charge in [-0.05, 0) is 32.9 Å². The van der Waals surface area contributed by atoms with Crippen molar-refractivity contribution in [3.63, 3.8) is 0 Å². The van der Waals surface area contributed by atoms with Gasteiger partial charge in [0.05, 0.1) is 6.54 Å². The highest BCUT2D eigenvalue weighted by Gasteiger charge is 2.24. The average Bonchev–Trinajstić information content (AvgIpc) is 2.76. The Bertz CT molecular complexity index is 622. The number of rotatable bonds is 4. The third kappa shape index (κ3) is 4.25. The van der Waals surface area contributed by atoms with Gasteiger partial charge in [-0.25, -0.2) is 4.39 Å². The maximum absolute atomic E-state index is 14.0. The highest BCUT2D eigenvalue weighted by atomic mass is 35.5. The fourth-order valence-corrected chi connectivity index (χ4v) is 2.11. The van der Waals surface area contributed by atoms with E-state index in [-0.39, 0.29) is 11.4 Å². The average molecular weight is 312 g/mol. The predicted molar refractivity (Wildman–Crippen MR) is 79.4 cm³/mol. The zero-order valence-corrected chi connectivity index (χ0v) is 13.4. The number of hydrogen-bond donors (Lipinski definition) is 0. The van der Waals surface area contributed by atoms with Crippen LogP contribution in [0.4, 0.5) is 4.39 Å². The van der Waals surface area contributed by atoms with Gasteiger partial charge < -0.3 is 4.42 Å². The van der Waals surface area contributed by atoms with Gasteiger partial charge in [-0.15, -0.1) is 10.2 Å². The Morgan fingerprint density at radius 1 is 1.24 bits per heavy atom. The van der Waals surface area contributed by atoms with Crippen molar-refractivity contribution in [2.24, 2.45) is 0 Å². The lowest BCUT2D eigenvalue weighted by Gasteiger charge is -2.34. The van der Waals surface area contributed by atoms with Crippen LogP contribution in [0.1, 0.15) is 38.1 Å². The van der Waals surface area contributed by atoms with Crippen LogP contribution in [0.5, 0.6) is 0 Å². The van der Waals surface area contributed by atoms with E-state index in [4.69, 9.17) is 16.0 Å². The smallest absolute Gasteiger partial charge is 0.230 e. The standard InChI is InChI=1S/C15H19ClFN3O/c1-10-18-19-14(21-10)9-20(15(2,3)4)8-11-5-6-12(16)7-13(11)17/h5-7H,8-9H2,1-4H3. The fraction of sp³-hybridized carbons (Fsp3) is 0.467. The molecular weight excluding hydrogens is 293 g/mol. The van der Waals surface area contributed by atoms with Crippen LogP contribution >= 0.6 is 11.6 Å². The van der Waals surface area contributed by atoms with Gasteiger partial charge in [0.1, 0.15) is 5.82 Å². The summed E-state index contributed by atoms with van der Waals surface area (Å²) in [6.07, 6.45) is 0. The minimum absolute atomic E-state index is 0.172. The van der Waals surface area contributed by atoms with Gasteiger partial charge in [0.2, 0.25) is 11.8 Å². The lowest BCUT2D eigenvalue weighted by molar-refractivity contribution is 0.104.